The first kappa shape index (κ1) is 27.5. The van der Waals surface area contributed by atoms with Crippen molar-refractivity contribution < 1.29 is 57.7 Å². The van der Waals surface area contributed by atoms with Gasteiger partial charge in [0.15, 0.2) is 0 Å². The van der Waals surface area contributed by atoms with Gasteiger partial charge in [0.2, 0.25) is 0 Å². The molecule has 0 spiro atoms. The predicted molar refractivity (Wildman–Crippen MR) is 103 cm³/mol. The van der Waals surface area contributed by atoms with Crippen molar-refractivity contribution >= 4 is 0 Å². The summed E-state index contributed by atoms with van der Waals surface area (Å²) < 4.78 is -0.00500. The van der Waals surface area contributed by atoms with Crippen molar-refractivity contribution in [2.24, 2.45) is 0 Å². The Morgan fingerprint density at radius 3 is 1.64 bits per heavy atom. The van der Waals surface area contributed by atoms with Gasteiger partial charge in [-0.25, -0.2) is 0 Å². The molecule has 0 saturated heterocycles. The molecule has 28 heavy (non-hydrogen) atoms. The number of rotatable bonds is 6. The van der Waals surface area contributed by atoms with E-state index in [-0.39, 0.29) is 46.4 Å². The number of hydrogen-bond acceptors (Lipinski definition) is 0. The summed E-state index contributed by atoms with van der Waals surface area (Å²) in [6.07, 6.45) is 8.45. The van der Waals surface area contributed by atoms with Crippen LogP contribution in [0.5, 0.6) is 0 Å². The van der Waals surface area contributed by atoms with E-state index in [9.17, 15) is 0 Å². The first-order valence-electron chi connectivity index (χ1n) is 9.29. The van der Waals surface area contributed by atoms with Crippen LogP contribution in [-0.2, 0) is 25.9 Å². The van der Waals surface area contributed by atoms with E-state index in [0.29, 0.717) is 0 Å². The van der Waals surface area contributed by atoms with E-state index in [4.69, 9.17) is 0 Å². The Morgan fingerprint density at radius 1 is 0.821 bits per heavy atom. The molecule has 1 aliphatic carbocycles. The first-order chi connectivity index (χ1) is 12.0. The second-order valence-corrected chi connectivity index (χ2v) is 8.50. The van der Waals surface area contributed by atoms with Gasteiger partial charge in [-0.1, -0.05) is 0 Å². The summed E-state index contributed by atoms with van der Waals surface area (Å²) in [6.45, 7) is 6.83. The van der Waals surface area contributed by atoms with Gasteiger partial charge in [-0.2, -0.15) is 0 Å². The molecule has 1 aliphatic rings. The fourth-order valence-corrected chi connectivity index (χ4v) is 5.52. The fraction of sp³-hybridized carbons (Fsp3) is 0.333. The maximum absolute atomic E-state index is 2.50. The molecule has 2 aromatic carbocycles. The van der Waals surface area contributed by atoms with Crippen molar-refractivity contribution in [2.45, 2.75) is 49.2 Å². The minimum absolute atomic E-state index is 0. The van der Waals surface area contributed by atoms with Crippen LogP contribution < -0.4 is 37.2 Å². The Hall–Kier alpha value is -0.496. The van der Waals surface area contributed by atoms with Gasteiger partial charge in [0.05, 0.1) is 0 Å². The van der Waals surface area contributed by atoms with Crippen LogP contribution in [0, 0.1) is 0 Å². The van der Waals surface area contributed by atoms with Crippen molar-refractivity contribution in [2.75, 3.05) is 0 Å². The van der Waals surface area contributed by atoms with Gasteiger partial charge in [-0.3, -0.25) is 0 Å². The smallest absolute Gasteiger partial charge is 1.00 e. The zero-order chi connectivity index (χ0) is 17.9. The molecule has 0 heterocycles. The van der Waals surface area contributed by atoms with Gasteiger partial charge in [0.25, 0.3) is 0 Å². The molecule has 1 atom stereocenters. The Balaban J connectivity index is 0.00000243. The average molecular weight is 470 g/mol. The zero-order valence-corrected chi connectivity index (χ0v) is 20.5. The molecule has 0 bridgehead atoms. The third kappa shape index (κ3) is 4.80. The SMILES string of the molecule is CCCCC(c1ccccc1)(c1ccccc1)[C]1([Ti+3])C=C(C)C=C1C.[Cl-].[Cl-].[Cl-]. The largest absolute Gasteiger partial charge is 1.00 e. The predicted octanol–water partition coefficient (Wildman–Crippen LogP) is -2.21. The number of unbranched alkanes of at least 4 members (excludes halogenated alkanes) is 1. The summed E-state index contributed by atoms with van der Waals surface area (Å²) in [5, 5.41) is 0. The molecule has 0 aliphatic heterocycles. The summed E-state index contributed by atoms with van der Waals surface area (Å²) in [5.41, 5.74) is 5.66. The topological polar surface area (TPSA) is 0 Å². The van der Waals surface area contributed by atoms with Gasteiger partial charge >= 0.3 is 165 Å². The van der Waals surface area contributed by atoms with Crippen LogP contribution in [0.1, 0.15) is 51.2 Å². The van der Waals surface area contributed by atoms with Crippen LogP contribution >= 0.6 is 0 Å². The molecule has 4 heteroatoms. The van der Waals surface area contributed by atoms with E-state index in [1.807, 2.05) is 0 Å². The van der Waals surface area contributed by atoms with Crippen LogP contribution in [0.15, 0.2) is 84.0 Å². The summed E-state index contributed by atoms with van der Waals surface area (Å²) in [7, 11) is 0. The Kier molecular flexibility index (Phi) is 11.4. The van der Waals surface area contributed by atoms with Crippen molar-refractivity contribution in [1.29, 1.82) is 0 Å². The molecule has 0 nitrogen and oxygen atoms in total. The minimum atomic E-state index is -0.0378. The van der Waals surface area contributed by atoms with E-state index >= 15 is 0 Å². The van der Waals surface area contributed by atoms with Crippen molar-refractivity contribution in [3.63, 3.8) is 0 Å². The van der Waals surface area contributed by atoms with Gasteiger partial charge in [0.1, 0.15) is 0 Å². The Morgan fingerprint density at radius 2 is 1.29 bits per heavy atom. The number of allylic oxidation sites excluding steroid dienone is 4. The van der Waals surface area contributed by atoms with Crippen LogP contribution in [0.4, 0.5) is 0 Å². The molecular formula is C24H27Cl3Ti. The first-order valence-corrected chi connectivity index (χ1v) is 10.1. The summed E-state index contributed by atoms with van der Waals surface area (Å²) in [6, 6.07) is 22.3. The third-order valence-electron chi connectivity index (χ3n) is 5.62. The standard InChI is InChI=1S/C24H27.3ClH.Ti/c1-4-5-16-24(21-12-8-6-9-13-21,22-14-10-7-11-15-22)23-18-19(2)17-20(23)3;;;;/h6-15,17-18H,4-5,16H2,1-3H3;3*1H;/q;;;;+3/p-3. The van der Waals surface area contributed by atoms with Gasteiger partial charge in [-0.05, 0) is 0 Å². The van der Waals surface area contributed by atoms with Crippen LogP contribution in [0.2, 0.25) is 3.72 Å². The molecule has 0 saturated carbocycles. The molecule has 1 unspecified atom stereocenters. The van der Waals surface area contributed by atoms with E-state index < -0.39 is 0 Å². The molecule has 0 radical (unpaired) electrons. The molecule has 3 rings (SSSR count). The molecular weight excluding hydrogens is 442 g/mol. The number of halogens is 3. The van der Waals surface area contributed by atoms with E-state index in [0.717, 1.165) is 6.42 Å². The van der Waals surface area contributed by atoms with Crippen molar-refractivity contribution in [1.82, 2.24) is 0 Å². The van der Waals surface area contributed by atoms with Gasteiger partial charge < -0.3 is 37.2 Å². The molecule has 0 fully saturated rings. The maximum atomic E-state index is 2.50. The van der Waals surface area contributed by atoms with Gasteiger partial charge in [0, 0.05) is 0 Å². The van der Waals surface area contributed by atoms with Crippen molar-refractivity contribution in [3.8, 4) is 0 Å². The number of benzene rings is 2. The fourth-order valence-electron chi connectivity index (χ4n) is 4.41. The van der Waals surface area contributed by atoms with E-state index in [2.05, 4.69) is 114 Å². The second kappa shape index (κ2) is 11.6. The van der Waals surface area contributed by atoms with E-state index in [1.165, 1.54) is 35.1 Å². The Labute approximate surface area is 200 Å². The molecule has 2 aromatic rings. The van der Waals surface area contributed by atoms with Crippen LogP contribution in [-0.4, -0.2) is 0 Å². The van der Waals surface area contributed by atoms with E-state index in [1.54, 1.807) is 0 Å². The second-order valence-electron chi connectivity index (χ2n) is 7.26. The zero-order valence-electron chi connectivity index (χ0n) is 16.7. The summed E-state index contributed by atoms with van der Waals surface area (Å²) in [5.74, 6) is 0. The van der Waals surface area contributed by atoms with Crippen molar-refractivity contribution in [3.05, 3.63) is 95.1 Å². The summed E-state index contributed by atoms with van der Waals surface area (Å²) in [4.78, 5) is 0. The van der Waals surface area contributed by atoms with Crippen LogP contribution in [0.3, 0.4) is 0 Å². The quantitative estimate of drug-likeness (QED) is 0.421. The normalized spacial score (nSPS) is 18.2. The minimum Gasteiger partial charge on any atom is -1.00 e. The number of hydrogen-bond donors (Lipinski definition) is 0. The molecule has 0 amide bonds. The maximum Gasteiger partial charge on any atom is -1.00 e. The summed E-state index contributed by atoms with van der Waals surface area (Å²) >= 11 is 2.44. The molecule has 0 aromatic heterocycles. The molecule has 0 N–H and O–H groups in total. The Bertz CT molecular complexity index is 745. The average Bonchev–Trinajstić information content (AvgIpc) is 2.90. The molecule has 148 valence electrons. The van der Waals surface area contributed by atoms with Gasteiger partial charge in [-0.15, -0.1) is 0 Å². The monoisotopic (exact) mass is 468 g/mol. The van der Waals surface area contributed by atoms with Crippen LogP contribution in [0.25, 0.3) is 0 Å². The third-order valence-corrected chi connectivity index (χ3v) is 7.13.